The summed E-state index contributed by atoms with van der Waals surface area (Å²) in [6.45, 7) is 0.390. The number of hydrogen-bond donors (Lipinski definition) is 2. The molecule has 1 heterocycles. The smallest absolute Gasteiger partial charge is 0.278 e. The van der Waals surface area contributed by atoms with Gasteiger partial charge in [-0.25, -0.2) is 4.98 Å². The molecule has 0 spiro atoms. The number of nitrogens with zero attached hydrogens (tertiary/aromatic N) is 2. The Bertz CT molecular complexity index is 444. The van der Waals surface area contributed by atoms with Crippen LogP contribution in [-0.2, 0) is 11.3 Å². The molecule has 0 aliphatic rings. The first kappa shape index (κ1) is 12.5. The van der Waals surface area contributed by atoms with E-state index >= 15 is 0 Å². The largest absolute Gasteiger partial charge is 0.392 e. The molecule has 1 rings (SSSR count). The first-order chi connectivity index (χ1) is 7.56. The van der Waals surface area contributed by atoms with Gasteiger partial charge in [0.15, 0.2) is 5.15 Å². The highest BCUT2D eigenvalue weighted by Gasteiger charge is 2.06. The van der Waals surface area contributed by atoms with Crippen molar-refractivity contribution in [3.8, 4) is 0 Å². The van der Waals surface area contributed by atoms with E-state index in [1.54, 1.807) is 7.05 Å². The predicted octanol–water partition coefficient (Wildman–Crippen LogP) is 0.00510. The molecule has 0 fully saturated rings. The summed E-state index contributed by atoms with van der Waals surface area (Å²) >= 11 is 5.58. The van der Waals surface area contributed by atoms with Crippen LogP contribution in [0.2, 0.25) is 5.15 Å². The maximum Gasteiger partial charge on any atom is 0.278 e. The van der Waals surface area contributed by atoms with E-state index in [0.717, 1.165) is 0 Å². The Hall–Kier alpha value is -1.56. The van der Waals surface area contributed by atoms with Crippen LogP contribution in [0.25, 0.3) is 0 Å². The average molecular weight is 245 g/mol. The number of aromatic nitrogens is 2. The van der Waals surface area contributed by atoms with Gasteiger partial charge in [-0.3, -0.25) is 14.2 Å². The maximum atomic E-state index is 11.5. The van der Waals surface area contributed by atoms with Crippen LogP contribution < -0.4 is 16.6 Å². The van der Waals surface area contributed by atoms with Gasteiger partial charge in [0.1, 0.15) is 5.69 Å². The van der Waals surface area contributed by atoms with E-state index in [0.29, 0.717) is 19.4 Å². The van der Waals surface area contributed by atoms with E-state index in [4.69, 9.17) is 17.3 Å². The second-order valence-electron chi connectivity index (χ2n) is 3.22. The number of nitrogens with one attached hydrogen (secondary N) is 1. The molecular weight excluding hydrogens is 232 g/mol. The Kier molecular flexibility index (Phi) is 4.30. The molecule has 0 aromatic carbocycles. The van der Waals surface area contributed by atoms with Crippen molar-refractivity contribution in [3.63, 3.8) is 0 Å². The number of carbonyl (C=O) groups excluding carboxylic acids is 1. The van der Waals surface area contributed by atoms with Crippen molar-refractivity contribution in [2.45, 2.75) is 19.4 Å². The van der Waals surface area contributed by atoms with Crippen LogP contribution in [0.3, 0.4) is 0 Å². The van der Waals surface area contributed by atoms with Crippen LogP contribution >= 0.6 is 11.6 Å². The molecule has 3 N–H and O–H groups in total. The Morgan fingerprint density at radius 3 is 3.00 bits per heavy atom. The average Bonchev–Trinajstić information content (AvgIpc) is 2.29. The third-order valence-corrected chi connectivity index (χ3v) is 2.41. The number of amides is 1. The number of aryl methyl sites for hydroxylation is 1. The molecule has 1 aromatic heterocycles. The molecule has 88 valence electrons. The van der Waals surface area contributed by atoms with Gasteiger partial charge >= 0.3 is 0 Å². The zero-order valence-electron chi connectivity index (χ0n) is 8.86. The van der Waals surface area contributed by atoms with E-state index in [1.165, 1.54) is 10.9 Å². The summed E-state index contributed by atoms with van der Waals surface area (Å²) in [6, 6.07) is 0. The van der Waals surface area contributed by atoms with Gasteiger partial charge in [0, 0.05) is 20.0 Å². The second-order valence-corrected chi connectivity index (χ2v) is 3.58. The van der Waals surface area contributed by atoms with Crippen molar-refractivity contribution in [1.29, 1.82) is 0 Å². The molecule has 7 heteroatoms. The third-order valence-electron chi connectivity index (χ3n) is 2.11. The monoisotopic (exact) mass is 244 g/mol. The van der Waals surface area contributed by atoms with Crippen LogP contribution in [0.5, 0.6) is 0 Å². The molecule has 1 aromatic rings. The van der Waals surface area contributed by atoms with Crippen molar-refractivity contribution in [1.82, 2.24) is 14.9 Å². The number of carbonyl (C=O) groups is 1. The van der Waals surface area contributed by atoms with Crippen molar-refractivity contribution in [3.05, 3.63) is 21.8 Å². The fourth-order valence-corrected chi connectivity index (χ4v) is 1.30. The molecule has 0 radical (unpaired) electrons. The minimum atomic E-state index is -0.378. The summed E-state index contributed by atoms with van der Waals surface area (Å²) < 4.78 is 1.34. The molecule has 0 aliphatic carbocycles. The normalized spacial score (nSPS) is 10.1. The standard InChI is InChI=1S/C9H13ClN4O2/c1-12-6(15)3-2-4-14-5-13-8(10)7(11)9(14)16/h5H,2-4,11H2,1H3,(H,12,15). The second kappa shape index (κ2) is 5.50. The molecule has 0 aliphatic heterocycles. The number of nitrogens with two attached hydrogens (primary N) is 1. The van der Waals surface area contributed by atoms with E-state index in [-0.39, 0.29) is 22.3 Å². The van der Waals surface area contributed by atoms with E-state index < -0.39 is 0 Å². The maximum absolute atomic E-state index is 11.5. The quantitative estimate of drug-likeness (QED) is 0.730. The number of hydrogen-bond acceptors (Lipinski definition) is 4. The van der Waals surface area contributed by atoms with E-state index in [2.05, 4.69) is 10.3 Å². The summed E-state index contributed by atoms with van der Waals surface area (Å²) in [5, 5.41) is 2.51. The molecule has 6 nitrogen and oxygen atoms in total. The van der Waals surface area contributed by atoms with Crippen molar-refractivity contribution >= 4 is 23.2 Å². The lowest BCUT2D eigenvalue weighted by molar-refractivity contribution is -0.120. The van der Waals surface area contributed by atoms with Crippen molar-refractivity contribution in [2.75, 3.05) is 12.8 Å². The van der Waals surface area contributed by atoms with Gasteiger partial charge in [-0.2, -0.15) is 0 Å². The fourth-order valence-electron chi connectivity index (χ4n) is 1.18. The minimum absolute atomic E-state index is 0.00699. The minimum Gasteiger partial charge on any atom is -0.392 e. The van der Waals surface area contributed by atoms with Gasteiger partial charge < -0.3 is 11.1 Å². The van der Waals surface area contributed by atoms with Gasteiger partial charge in [-0.15, -0.1) is 0 Å². The number of halogens is 1. The molecule has 0 bridgehead atoms. The first-order valence-corrected chi connectivity index (χ1v) is 5.15. The van der Waals surface area contributed by atoms with Crippen LogP contribution in [0.4, 0.5) is 5.69 Å². The molecule has 0 saturated carbocycles. The lowest BCUT2D eigenvalue weighted by Crippen LogP contribution is -2.25. The van der Waals surface area contributed by atoms with E-state index in [1.807, 2.05) is 0 Å². The summed E-state index contributed by atoms with van der Waals surface area (Å²) in [5.41, 5.74) is 4.99. The molecule has 1 amide bonds. The van der Waals surface area contributed by atoms with Crippen LogP contribution in [0.15, 0.2) is 11.1 Å². The molecule has 0 atom stereocenters. The number of rotatable bonds is 4. The van der Waals surface area contributed by atoms with Gasteiger partial charge in [0.2, 0.25) is 5.91 Å². The molecule has 16 heavy (non-hydrogen) atoms. The zero-order chi connectivity index (χ0) is 12.1. The third kappa shape index (κ3) is 2.96. The van der Waals surface area contributed by atoms with Gasteiger partial charge in [0.05, 0.1) is 6.33 Å². The van der Waals surface area contributed by atoms with Gasteiger partial charge in [-0.1, -0.05) is 11.6 Å². The molecule has 0 saturated heterocycles. The zero-order valence-corrected chi connectivity index (χ0v) is 9.62. The molecule has 0 unspecified atom stereocenters. The highest BCUT2D eigenvalue weighted by Crippen LogP contribution is 2.08. The Morgan fingerprint density at radius 1 is 1.69 bits per heavy atom. The van der Waals surface area contributed by atoms with Crippen LogP contribution in [0, 0.1) is 0 Å². The summed E-state index contributed by atoms with van der Waals surface area (Å²) in [7, 11) is 1.57. The fraction of sp³-hybridized carbons (Fsp3) is 0.444. The predicted molar refractivity (Wildman–Crippen MR) is 61.2 cm³/mol. The summed E-state index contributed by atoms with van der Waals surface area (Å²) in [5.74, 6) is -0.0667. The van der Waals surface area contributed by atoms with Crippen molar-refractivity contribution in [2.24, 2.45) is 0 Å². The molecular formula is C9H13ClN4O2. The Balaban J connectivity index is 2.65. The summed E-state index contributed by atoms with van der Waals surface area (Å²) in [4.78, 5) is 26.3. The van der Waals surface area contributed by atoms with Gasteiger partial charge in [0.25, 0.3) is 5.56 Å². The number of nitrogen functional groups attached to an aromatic ring is 1. The highest BCUT2D eigenvalue weighted by molar-refractivity contribution is 6.31. The lowest BCUT2D eigenvalue weighted by Gasteiger charge is -2.06. The number of anilines is 1. The topological polar surface area (TPSA) is 90.0 Å². The van der Waals surface area contributed by atoms with Gasteiger partial charge in [-0.05, 0) is 6.42 Å². The first-order valence-electron chi connectivity index (χ1n) is 4.77. The summed E-state index contributed by atoms with van der Waals surface area (Å²) in [6.07, 6.45) is 2.22. The van der Waals surface area contributed by atoms with E-state index in [9.17, 15) is 9.59 Å². The Morgan fingerprint density at radius 2 is 2.38 bits per heavy atom. The Labute approximate surface area is 97.4 Å². The lowest BCUT2D eigenvalue weighted by atomic mass is 10.3. The SMILES string of the molecule is CNC(=O)CCCn1cnc(Cl)c(N)c1=O. The van der Waals surface area contributed by atoms with Crippen LogP contribution in [-0.4, -0.2) is 22.5 Å². The highest BCUT2D eigenvalue weighted by atomic mass is 35.5. The van der Waals surface area contributed by atoms with Crippen LogP contribution in [0.1, 0.15) is 12.8 Å². The van der Waals surface area contributed by atoms with Crippen molar-refractivity contribution < 1.29 is 4.79 Å².